The van der Waals surface area contributed by atoms with E-state index in [9.17, 15) is 13.2 Å². The van der Waals surface area contributed by atoms with Gasteiger partial charge < -0.3 is 16.0 Å². The number of primary amides is 1. The first-order valence-corrected chi connectivity index (χ1v) is 8.80. The molecule has 1 heterocycles. The lowest BCUT2D eigenvalue weighted by Crippen LogP contribution is -2.44. The van der Waals surface area contributed by atoms with E-state index in [0.29, 0.717) is 6.54 Å². The number of amides is 1. The minimum atomic E-state index is -3.61. The van der Waals surface area contributed by atoms with Crippen molar-refractivity contribution in [1.82, 2.24) is 14.9 Å². The van der Waals surface area contributed by atoms with E-state index in [-0.39, 0.29) is 35.3 Å². The zero-order chi connectivity index (χ0) is 16.0. The molecule has 4 N–H and O–H groups in total. The maximum atomic E-state index is 12.2. The van der Waals surface area contributed by atoms with E-state index in [2.05, 4.69) is 14.9 Å². The van der Waals surface area contributed by atoms with E-state index in [1.165, 1.54) is 24.3 Å². The number of halogens is 2. The van der Waals surface area contributed by atoms with Crippen molar-refractivity contribution in [2.75, 3.05) is 39.3 Å². The number of benzene rings is 1. The molecule has 7 nitrogen and oxygen atoms in total. The van der Waals surface area contributed by atoms with E-state index in [1.54, 1.807) is 0 Å². The van der Waals surface area contributed by atoms with Crippen LogP contribution in [0.4, 0.5) is 0 Å². The molecule has 1 aliphatic rings. The summed E-state index contributed by atoms with van der Waals surface area (Å²) in [6.07, 6.45) is 0.745. The molecule has 0 spiro atoms. The first kappa shape index (κ1) is 23.1. The van der Waals surface area contributed by atoms with E-state index >= 15 is 0 Å². The second kappa shape index (κ2) is 10.9. The van der Waals surface area contributed by atoms with Gasteiger partial charge in [0.1, 0.15) is 0 Å². The van der Waals surface area contributed by atoms with Crippen LogP contribution >= 0.6 is 24.8 Å². The second-order valence-corrected chi connectivity index (χ2v) is 7.00. The molecule has 0 saturated carbocycles. The number of hydrogen-bond donors (Lipinski definition) is 3. The summed E-state index contributed by atoms with van der Waals surface area (Å²) in [7, 11) is -3.61. The van der Waals surface area contributed by atoms with Crippen LogP contribution in [-0.4, -0.2) is 58.5 Å². The SMILES string of the molecule is Cl.Cl.NC(=O)c1cccc(S(=O)(=O)NCCCN2CCNCC2)c1. The topological polar surface area (TPSA) is 105 Å². The fraction of sp³-hybridized carbons (Fsp3) is 0.500. The number of carbonyl (C=O) groups is 1. The summed E-state index contributed by atoms with van der Waals surface area (Å²) >= 11 is 0. The van der Waals surface area contributed by atoms with Gasteiger partial charge in [-0.3, -0.25) is 4.79 Å². The molecule has 1 aliphatic heterocycles. The lowest BCUT2D eigenvalue weighted by Gasteiger charge is -2.27. The third-order valence-corrected chi connectivity index (χ3v) is 5.04. The Morgan fingerprint density at radius 2 is 1.92 bits per heavy atom. The summed E-state index contributed by atoms with van der Waals surface area (Å²) in [6, 6.07) is 5.74. The first-order valence-electron chi connectivity index (χ1n) is 7.32. The third-order valence-electron chi connectivity index (χ3n) is 3.58. The van der Waals surface area contributed by atoms with Crippen LogP contribution in [0.25, 0.3) is 0 Å². The van der Waals surface area contributed by atoms with Gasteiger partial charge in [-0.2, -0.15) is 0 Å². The summed E-state index contributed by atoms with van der Waals surface area (Å²) in [5, 5.41) is 3.27. The van der Waals surface area contributed by atoms with Crippen molar-refractivity contribution >= 4 is 40.7 Å². The molecule has 1 amide bonds. The molecule has 0 radical (unpaired) electrons. The van der Waals surface area contributed by atoms with E-state index in [4.69, 9.17) is 5.73 Å². The Morgan fingerprint density at radius 3 is 2.54 bits per heavy atom. The maximum Gasteiger partial charge on any atom is 0.248 e. The summed E-state index contributed by atoms with van der Waals surface area (Å²) < 4.78 is 26.9. The minimum Gasteiger partial charge on any atom is -0.366 e. The van der Waals surface area contributed by atoms with Crippen molar-refractivity contribution in [1.29, 1.82) is 0 Å². The second-order valence-electron chi connectivity index (χ2n) is 5.24. The van der Waals surface area contributed by atoms with Crippen molar-refractivity contribution in [2.45, 2.75) is 11.3 Å². The quantitative estimate of drug-likeness (QED) is 0.569. The van der Waals surface area contributed by atoms with Crippen LogP contribution < -0.4 is 15.8 Å². The molecule has 0 aliphatic carbocycles. The summed E-state index contributed by atoms with van der Waals surface area (Å²) in [5.74, 6) is -0.643. The Kier molecular flexibility index (Phi) is 10.5. The normalized spacial score (nSPS) is 15.2. The highest BCUT2D eigenvalue weighted by Crippen LogP contribution is 2.11. The molecule has 24 heavy (non-hydrogen) atoms. The van der Waals surface area contributed by atoms with Crippen LogP contribution in [0.15, 0.2) is 29.2 Å². The first-order chi connectivity index (χ1) is 10.5. The molecular weight excluding hydrogens is 375 g/mol. The molecule has 1 saturated heterocycles. The molecule has 138 valence electrons. The van der Waals surface area contributed by atoms with Crippen molar-refractivity contribution in [2.24, 2.45) is 5.73 Å². The fourth-order valence-corrected chi connectivity index (χ4v) is 3.46. The molecule has 1 fully saturated rings. The van der Waals surface area contributed by atoms with Crippen molar-refractivity contribution < 1.29 is 13.2 Å². The monoisotopic (exact) mass is 398 g/mol. The number of piperazine rings is 1. The Bertz CT molecular complexity index is 622. The Hall–Kier alpha value is -0.900. The molecule has 10 heteroatoms. The lowest BCUT2D eigenvalue weighted by molar-refractivity contribution is 0.1000. The number of nitrogens with two attached hydrogens (primary N) is 1. The Morgan fingerprint density at radius 1 is 1.25 bits per heavy atom. The molecule has 0 unspecified atom stereocenters. The van der Waals surface area contributed by atoms with Crippen LogP contribution in [0, 0.1) is 0 Å². The van der Waals surface area contributed by atoms with Crippen molar-refractivity contribution in [3.8, 4) is 0 Å². The van der Waals surface area contributed by atoms with Gasteiger partial charge in [0.25, 0.3) is 0 Å². The highest BCUT2D eigenvalue weighted by molar-refractivity contribution is 7.89. The van der Waals surface area contributed by atoms with Gasteiger partial charge in [0.05, 0.1) is 4.90 Å². The van der Waals surface area contributed by atoms with Gasteiger partial charge in [0, 0.05) is 38.3 Å². The van der Waals surface area contributed by atoms with E-state index < -0.39 is 15.9 Å². The Balaban J connectivity index is 0.00000264. The molecule has 1 aromatic rings. The summed E-state index contributed by atoms with van der Waals surface area (Å²) in [6.45, 7) is 5.18. The number of rotatable bonds is 7. The summed E-state index contributed by atoms with van der Waals surface area (Å²) in [4.78, 5) is 13.5. The lowest BCUT2D eigenvalue weighted by atomic mass is 10.2. The van der Waals surface area contributed by atoms with Crippen LogP contribution in [0.3, 0.4) is 0 Å². The highest BCUT2D eigenvalue weighted by Gasteiger charge is 2.15. The predicted octanol–water partition coefficient (Wildman–Crippen LogP) is 0.203. The third kappa shape index (κ3) is 6.92. The largest absolute Gasteiger partial charge is 0.366 e. The number of carbonyl (C=O) groups excluding carboxylic acids is 1. The molecule has 0 atom stereocenters. The number of sulfonamides is 1. The van der Waals surface area contributed by atoms with Crippen LogP contribution in [0.5, 0.6) is 0 Å². The molecule has 0 aromatic heterocycles. The van der Waals surface area contributed by atoms with Crippen molar-refractivity contribution in [3.05, 3.63) is 29.8 Å². The van der Waals surface area contributed by atoms with Gasteiger partial charge >= 0.3 is 0 Å². The maximum absolute atomic E-state index is 12.2. The van der Waals surface area contributed by atoms with Crippen LogP contribution in [0.1, 0.15) is 16.8 Å². The van der Waals surface area contributed by atoms with Crippen LogP contribution in [0.2, 0.25) is 0 Å². The zero-order valence-electron chi connectivity index (χ0n) is 13.2. The predicted molar refractivity (Wildman–Crippen MR) is 98.6 cm³/mol. The molecular formula is C14H24Cl2N4O3S. The smallest absolute Gasteiger partial charge is 0.248 e. The van der Waals surface area contributed by atoms with E-state index in [1.807, 2.05) is 0 Å². The average molecular weight is 399 g/mol. The van der Waals surface area contributed by atoms with Gasteiger partial charge in [-0.1, -0.05) is 6.07 Å². The number of hydrogen-bond acceptors (Lipinski definition) is 5. The zero-order valence-corrected chi connectivity index (χ0v) is 15.7. The van der Waals surface area contributed by atoms with Gasteiger partial charge in [-0.25, -0.2) is 13.1 Å². The average Bonchev–Trinajstić information content (AvgIpc) is 2.53. The van der Waals surface area contributed by atoms with Gasteiger partial charge in [-0.05, 0) is 31.2 Å². The molecule has 2 rings (SSSR count). The van der Waals surface area contributed by atoms with Gasteiger partial charge in [-0.15, -0.1) is 24.8 Å². The van der Waals surface area contributed by atoms with Crippen LogP contribution in [-0.2, 0) is 10.0 Å². The number of nitrogens with one attached hydrogen (secondary N) is 2. The van der Waals surface area contributed by atoms with E-state index in [0.717, 1.165) is 39.1 Å². The van der Waals surface area contributed by atoms with Gasteiger partial charge in [0.15, 0.2) is 0 Å². The molecule has 0 bridgehead atoms. The summed E-state index contributed by atoms with van der Waals surface area (Å²) in [5.41, 5.74) is 5.35. The molecule has 1 aromatic carbocycles. The Labute approximate surface area is 155 Å². The number of nitrogens with zero attached hydrogens (tertiary/aromatic N) is 1. The minimum absolute atomic E-state index is 0. The van der Waals surface area contributed by atoms with Gasteiger partial charge in [0.2, 0.25) is 15.9 Å². The standard InChI is InChI=1S/C14H22N4O3S.2ClH/c15-14(19)12-3-1-4-13(11-12)22(20,21)17-5-2-8-18-9-6-16-7-10-18;;/h1,3-4,11,16-17H,2,5-10H2,(H2,15,19);2*1H. The fourth-order valence-electron chi connectivity index (χ4n) is 2.34. The highest BCUT2D eigenvalue weighted by atomic mass is 35.5. The van der Waals surface area contributed by atoms with Crippen molar-refractivity contribution in [3.63, 3.8) is 0 Å².